The molecule has 2 aliphatic carbocycles. The molecule has 2 nitrogen and oxygen atoms in total. The van der Waals surface area contributed by atoms with Crippen molar-refractivity contribution in [3.05, 3.63) is 0 Å². The molecule has 0 aromatic heterocycles. The molecular weight excluding hydrogens is 220 g/mol. The van der Waals surface area contributed by atoms with Gasteiger partial charge < -0.3 is 9.80 Å². The zero-order chi connectivity index (χ0) is 12.2. The van der Waals surface area contributed by atoms with Gasteiger partial charge in [0.2, 0.25) is 0 Å². The monoisotopic (exact) mass is 252 g/mol. The minimum absolute atomic E-state index is 1.03. The van der Waals surface area contributed by atoms with E-state index in [1.165, 1.54) is 90.4 Å². The van der Waals surface area contributed by atoms with Crippen LogP contribution in [-0.4, -0.2) is 38.3 Å². The van der Waals surface area contributed by atoms with Gasteiger partial charge in [0.1, 0.15) is 26.2 Å². The predicted molar refractivity (Wildman–Crippen MR) is 75.1 cm³/mol. The van der Waals surface area contributed by atoms with Crippen LogP contribution in [0.3, 0.4) is 0 Å². The van der Waals surface area contributed by atoms with Crippen molar-refractivity contribution in [2.24, 2.45) is 0 Å². The average Bonchev–Trinajstić information content (AvgIpc) is 2.82. The third-order valence-corrected chi connectivity index (χ3v) is 5.90. The maximum Gasteiger partial charge on any atom is 0.127 e. The Morgan fingerprint density at radius 3 is 1.17 bits per heavy atom. The van der Waals surface area contributed by atoms with Crippen LogP contribution in [0.15, 0.2) is 0 Å². The molecule has 0 bridgehead atoms. The first-order valence-corrected chi connectivity index (χ1v) is 8.62. The number of piperazine rings is 1. The van der Waals surface area contributed by atoms with E-state index in [0.29, 0.717) is 0 Å². The molecule has 0 spiro atoms. The standard InChI is InChI=1S/C16H30N2/c1-2-4-8-15(7-3-1)17-11-13-18(14-12-17)16-9-5-6-10-16/h15-16H,1-14H2/p+2. The van der Waals surface area contributed by atoms with E-state index in [9.17, 15) is 0 Å². The molecule has 1 aliphatic heterocycles. The van der Waals surface area contributed by atoms with Crippen molar-refractivity contribution in [3.63, 3.8) is 0 Å². The topological polar surface area (TPSA) is 8.88 Å². The van der Waals surface area contributed by atoms with Crippen LogP contribution < -0.4 is 9.80 Å². The maximum atomic E-state index is 1.97. The van der Waals surface area contributed by atoms with Gasteiger partial charge in [-0.3, -0.25) is 0 Å². The van der Waals surface area contributed by atoms with E-state index in [0.717, 1.165) is 12.1 Å². The molecule has 0 aromatic carbocycles. The molecule has 2 heteroatoms. The van der Waals surface area contributed by atoms with E-state index in [1.807, 2.05) is 9.80 Å². The largest absolute Gasteiger partial charge is 0.323 e. The Morgan fingerprint density at radius 1 is 0.444 bits per heavy atom. The van der Waals surface area contributed by atoms with Crippen molar-refractivity contribution >= 4 is 0 Å². The van der Waals surface area contributed by atoms with Crippen LogP contribution in [-0.2, 0) is 0 Å². The Balaban J connectivity index is 1.46. The SMILES string of the molecule is C1CCCC([NH+]2CC[NH+](C3CCCC3)CC2)CC1. The number of hydrogen-bond donors (Lipinski definition) is 2. The van der Waals surface area contributed by atoms with Crippen LogP contribution in [0.2, 0.25) is 0 Å². The average molecular weight is 252 g/mol. The highest BCUT2D eigenvalue weighted by Crippen LogP contribution is 2.16. The fraction of sp³-hybridized carbons (Fsp3) is 1.00. The highest BCUT2D eigenvalue weighted by molar-refractivity contribution is 4.67. The number of nitrogens with one attached hydrogen (secondary N) is 2. The van der Waals surface area contributed by atoms with Gasteiger partial charge in [0.25, 0.3) is 0 Å². The number of rotatable bonds is 2. The summed E-state index contributed by atoms with van der Waals surface area (Å²) in [5, 5.41) is 0. The molecule has 3 fully saturated rings. The van der Waals surface area contributed by atoms with Gasteiger partial charge in [-0.2, -0.15) is 0 Å². The summed E-state index contributed by atoms with van der Waals surface area (Å²) >= 11 is 0. The third kappa shape index (κ3) is 3.08. The summed E-state index contributed by atoms with van der Waals surface area (Å²) in [6.07, 6.45) is 15.1. The van der Waals surface area contributed by atoms with Crippen molar-refractivity contribution in [2.75, 3.05) is 26.2 Å². The Hall–Kier alpha value is -0.0800. The molecule has 0 aromatic rings. The summed E-state index contributed by atoms with van der Waals surface area (Å²) in [6.45, 7) is 5.88. The Kier molecular flexibility index (Phi) is 4.58. The molecular formula is C16H32N2+2. The van der Waals surface area contributed by atoms with Gasteiger partial charge in [-0.25, -0.2) is 0 Å². The fourth-order valence-electron chi connectivity index (χ4n) is 4.73. The fourth-order valence-corrected chi connectivity index (χ4v) is 4.73. The summed E-state index contributed by atoms with van der Waals surface area (Å²) in [6, 6.07) is 2.07. The van der Waals surface area contributed by atoms with E-state index < -0.39 is 0 Å². The second kappa shape index (κ2) is 6.38. The smallest absolute Gasteiger partial charge is 0.127 e. The first-order valence-electron chi connectivity index (χ1n) is 8.62. The summed E-state index contributed by atoms with van der Waals surface area (Å²) in [7, 11) is 0. The summed E-state index contributed by atoms with van der Waals surface area (Å²) < 4.78 is 0. The summed E-state index contributed by atoms with van der Waals surface area (Å²) in [4.78, 5) is 3.93. The van der Waals surface area contributed by atoms with E-state index in [-0.39, 0.29) is 0 Å². The minimum Gasteiger partial charge on any atom is -0.323 e. The molecule has 0 atom stereocenters. The lowest BCUT2D eigenvalue weighted by Gasteiger charge is -2.36. The van der Waals surface area contributed by atoms with Gasteiger partial charge in [-0.05, 0) is 51.4 Å². The third-order valence-electron chi connectivity index (χ3n) is 5.90. The van der Waals surface area contributed by atoms with Crippen LogP contribution >= 0.6 is 0 Å². The van der Waals surface area contributed by atoms with Gasteiger partial charge in [0.15, 0.2) is 0 Å². The van der Waals surface area contributed by atoms with Gasteiger partial charge in [-0.1, -0.05) is 12.8 Å². The molecule has 3 aliphatic rings. The van der Waals surface area contributed by atoms with E-state index in [2.05, 4.69) is 0 Å². The Morgan fingerprint density at radius 2 is 0.778 bits per heavy atom. The highest BCUT2D eigenvalue weighted by Gasteiger charge is 2.34. The molecule has 2 N–H and O–H groups in total. The van der Waals surface area contributed by atoms with Crippen LogP contribution in [0.5, 0.6) is 0 Å². The lowest BCUT2D eigenvalue weighted by Crippen LogP contribution is -3.30. The van der Waals surface area contributed by atoms with Gasteiger partial charge in [-0.15, -0.1) is 0 Å². The van der Waals surface area contributed by atoms with Gasteiger partial charge in [0, 0.05) is 0 Å². The van der Waals surface area contributed by atoms with Crippen LogP contribution in [0.1, 0.15) is 64.2 Å². The molecule has 1 saturated heterocycles. The lowest BCUT2D eigenvalue weighted by atomic mass is 10.1. The van der Waals surface area contributed by atoms with E-state index in [1.54, 1.807) is 0 Å². The molecule has 0 unspecified atom stereocenters. The second-order valence-corrected chi connectivity index (χ2v) is 6.99. The first kappa shape index (κ1) is 12.9. The summed E-state index contributed by atoms with van der Waals surface area (Å²) in [5.41, 5.74) is 0. The van der Waals surface area contributed by atoms with Crippen molar-refractivity contribution in [2.45, 2.75) is 76.3 Å². The van der Waals surface area contributed by atoms with Crippen molar-refractivity contribution in [3.8, 4) is 0 Å². The number of quaternary nitrogens is 2. The molecule has 0 radical (unpaired) electrons. The van der Waals surface area contributed by atoms with Crippen molar-refractivity contribution < 1.29 is 9.80 Å². The molecule has 18 heavy (non-hydrogen) atoms. The molecule has 2 saturated carbocycles. The normalized spacial score (nSPS) is 36.7. The minimum atomic E-state index is 1.03. The maximum absolute atomic E-state index is 1.97. The van der Waals surface area contributed by atoms with Crippen LogP contribution in [0, 0.1) is 0 Å². The van der Waals surface area contributed by atoms with Crippen molar-refractivity contribution in [1.82, 2.24) is 0 Å². The lowest BCUT2D eigenvalue weighted by molar-refractivity contribution is -1.03. The zero-order valence-corrected chi connectivity index (χ0v) is 12.1. The van der Waals surface area contributed by atoms with Crippen LogP contribution in [0.25, 0.3) is 0 Å². The van der Waals surface area contributed by atoms with Gasteiger partial charge in [0.05, 0.1) is 12.1 Å². The Bertz CT molecular complexity index is 231. The predicted octanol–water partition coefficient (Wildman–Crippen LogP) is 0.435. The molecule has 104 valence electrons. The van der Waals surface area contributed by atoms with E-state index in [4.69, 9.17) is 0 Å². The zero-order valence-electron chi connectivity index (χ0n) is 12.1. The van der Waals surface area contributed by atoms with Crippen molar-refractivity contribution in [1.29, 1.82) is 0 Å². The molecule has 1 heterocycles. The molecule has 0 amide bonds. The first-order chi connectivity index (χ1) is 8.93. The number of hydrogen-bond acceptors (Lipinski definition) is 0. The summed E-state index contributed by atoms with van der Waals surface area (Å²) in [5.74, 6) is 0. The van der Waals surface area contributed by atoms with Crippen LogP contribution in [0.4, 0.5) is 0 Å². The second-order valence-electron chi connectivity index (χ2n) is 6.99. The quantitative estimate of drug-likeness (QED) is 0.660. The van der Waals surface area contributed by atoms with E-state index >= 15 is 0 Å². The van der Waals surface area contributed by atoms with Gasteiger partial charge >= 0.3 is 0 Å². The highest BCUT2D eigenvalue weighted by atomic mass is 15.3. The molecule has 3 rings (SSSR count). The Labute approximate surface area is 113 Å².